The number of nitrogens with zero attached hydrogens (tertiary/aromatic N) is 1. The number of esters is 1. The highest BCUT2D eigenvalue weighted by Gasteiger charge is 2.13. The molecule has 0 heterocycles. The molecule has 1 aromatic carbocycles. The number of ether oxygens (including phenoxy) is 2. The number of methoxy groups -OCH3 is 2. The van der Waals surface area contributed by atoms with Crippen molar-refractivity contribution in [2.24, 2.45) is 0 Å². The number of amides is 1. The molecule has 0 spiro atoms. The summed E-state index contributed by atoms with van der Waals surface area (Å²) in [7, 11) is 4.48. The predicted octanol–water partition coefficient (Wildman–Crippen LogP) is 1.42. The minimum Gasteiger partial charge on any atom is -0.497 e. The molecular formula is C13H17NO4S. The Labute approximate surface area is 116 Å². The molecule has 1 aromatic rings. The van der Waals surface area contributed by atoms with Gasteiger partial charge < -0.3 is 14.4 Å². The van der Waals surface area contributed by atoms with Gasteiger partial charge in [0.05, 0.1) is 20.0 Å². The van der Waals surface area contributed by atoms with Crippen molar-refractivity contribution >= 4 is 23.6 Å². The quantitative estimate of drug-likeness (QED) is 0.584. The molecule has 0 aliphatic heterocycles. The van der Waals surface area contributed by atoms with Crippen LogP contribution in [0.2, 0.25) is 0 Å². The minimum atomic E-state index is -0.426. The molecule has 6 heteroatoms. The van der Waals surface area contributed by atoms with E-state index in [1.807, 2.05) is 24.3 Å². The van der Waals surface area contributed by atoms with Gasteiger partial charge in [-0.1, -0.05) is 0 Å². The average molecular weight is 283 g/mol. The van der Waals surface area contributed by atoms with E-state index in [4.69, 9.17) is 4.74 Å². The number of thioether (sulfide) groups is 1. The van der Waals surface area contributed by atoms with E-state index in [9.17, 15) is 9.59 Å². The van der Waals surface area contributed by atoms with E-state index < -0.39 is 5.97 Å². The fourth-order valence-corrected chi connectivity index (χ4v) is 2.11. The Kier molecular flexibility index (Phi) is 6.21. The lowest BCUT2D eigenvalue weighted by molar-refractivity contribution is -0.145. The van der Waals surface area contributed by atoms with Crippen LogP contribution in [0, 0.1) is 0 Å². The molecule has 0 radical (unpaired) electrons. The molecule has 0 unspecified atom stereocenters. The molecule has 5 nitrogen and oxygen atoms in total. The average Bonchev–Trinajstić information content (AvgIpc) is 2.44. The maximum absolute atomic E-state index is 11.8. The molecule has 0 saturated carbocycles. The first-order valence-electron chi connectivity index (χ1n) is 5.64. The fourth-order valence-electron chi connectivity index (χ4n) is 1.27. The molecule has 0 aliphatic carbocycles. The van der Waals surface area contributed by atoms with Gasteiger partial charge in [-0.3, -0.25) is 9.59 Å². The number of likely N-dealkylation sites (N-methyl/N-ethyl adjacent to an activating group) is 1. The highest BCUT2D eigenvalue weighted by molar-refractivity contribution is 8.00. The summed E-state index contributed by atoms with van der Waals surface area (Å²) in [6.07, 6.45) is 0. The Morgan fingerprint density at radius 3 is 2.37 bits per heavy atom. The maximum Gasteiger partial charge on any atom is 0.325 e. The van der Waals surface area contributed by atoms with E-state index in [-0.39, 0.29) is 18.2 Å². The van der Waals surface area contributed by atoms with Crippen LogP contribution in [0.25, 0.3) is 0 Å². The number of hydrogen-bond acceptors (Lipinski definition) is 5. The highest BCUT2D eigenvalue weighted by atomic mass is 32.2. The molecule has 0 fully saturated rings. The zero-order valence-corrected chi connectivity index (χ0v) is 12.0. The first-order chi connectivity index (χ1) is 9.06. The molecular weight excluding hydrogens is 266 g/mol. The second kappa shape index (κ2) is 7.68. The zero-order valence-electron chi connectivity index (χ0n) is 11.2. The first-order valence-corrected chi connectivity index (χ1v) is 6.63. The van der Waals surface area contributed by atoms with Crippen molar-refractivity contribution in [2.45, 2.75) is 4.90 Å². The van der Waals surface area contributed by atoms with Crippen LogP contribution in [0.1, 0.15) is 0 Å². The number of carbonyl (C=O) groups excluding carboxylic acids is 2. The van der Waals surface area contributed by atoms with Crippen LogP contribution in [0.4, 0.5) is 0 Å². The normalized spacial score (nSPS) is 9.84. The lowest BCUT2D eigenvalue weighted by Gasteiger charge is -2.15. The largest absolute Gasteiger partial charge is 0.497 e. The molecule has 104 valence electrons. The Bertz CT molecular complexity index is 433. The van der Waals surface area contributed by atoms with Crippen LogP contribution in [0.3, 0.4) is 0 Å². The van der Waals surface area contributed by atoms with Crippen molar-refractivity contribution in [3.8, 4) is 5.75 Å². The van der Waals surface area contributed by atoms with Gasteiger partial charge in [-0.05, 0) is 24.3 Å². The molecule has 0 atom stereocenters. The highest BCUT2D eigenvalue weighted by Crippen LogP contribution is 2.21. The lowest BCUT2D eigenvalue weighted by Crippen LogP contribution is -2.33. The molecule has 0 saturated heterocycles. The number of benzene rings is 1. The van der Waals surface area contributed by atoms with E-state index in [0.717, 1.165) is 10.6 Å². The molecule has 0 N–H and O–H groups in total. The third kappa shape index (κ3) is 5.21. The van der Waals surface area contributed by atoms with Crippen molar-refractivity contribution in [3.63, 3.8) is 0 Å². The summed E-state index contributed by atoms with van der Waals surface area (Å²) in [5.74, 6) is 0.509. The number of rotatable bonds is 6. The van der Waals surface area contributed by atoms with Gasteiger partial charge >= 0.3 is 5.97 Å². The molecule has 1 rings (SSSR count). The third-order valence-corrected chi connectivity index (χ3v) is 3.44. The van der Waals surface area contributed by atoms with E-state index in [1.54, 1.807) is 14.2 Å². The number of hydrogen-bond donors (Lipinski definition) is 0. The van der Waals surface area contributed by atoms with Crippen LogP contribution in [-0.2, 0) is 14.3 Å². The Morgan fingerprint density at radius 2 is 1.84 bits per heavy atom. The van der Waals surface area contributed by atoms with Crippen molar-refractivity contribution in [3.05, 3.63) is 24.3 Å². The van der Waals surface area contributed by atoms with Gasteiger partial charge in [-0.2, -0.15) is 0 Å². The van der Waals surface area contributed by atoms with Crippen LogP contribution < -0.4 is 4.74 Å². The molecule has 0 bridgehead atoms. The van der Waals surface area contributed by atoms with Gasteiger partial charge in [0.2, 0.25) is 5.91 Å². The van der Waals surface area contributed by atoms with E-state index in [2.05, 4.69) is 4.74 Å². The van der Waals surface area contributed by atoms with Gasteiger partial charge in [0, 0.05) is 11.9 Å². The summed E-state index contributed by atoms with van der Waals surface area (Å²) in [6, 6.07) is 7.45. The summed E-state index contributed by atoms with van der Waals surface area (Å²) in [5.41, 5.74) is 0. The fraction of sp³-hybridized carbons (Fsp3) is 0.385. The topological polar surface area (TPSA) is 55.8 Å². The monoisotopic (exact) mass is 283 g/mol. The smallest absolute Gasteiger partial charge is 0.325 e. The standard InChI is InChI=1S/C13H17NO4S/c1-14(8-13(16)18-3)12(15)9-19-11-6-4-10(17-2)5-7-11/h4-7H,8-9H2,1-3H3. The van der Waals surface area contributed by atoms with Gasteiger partial charge in [-0.15, -0.1) is 11.8 Å². The summed E-state index contributed by atoms with van der Waals surface area (Å²) in [4.78, 5) is 25.1. The van der Waals surface area contributed by atoms with Crippen LogP contribution in [0.5, 0.6) is 5.75 Å². The van der Waals surface area contributed by atoms with Crippen molar-refractivity contribution < 1.29 is 19.1 Å². The molecule has 0 aromatic heterocycles. The van der Waals surface area contributed by atoms with Gasteiger partial charge in [0.1, 0.15) is 12.3 Å². The zero-order chi connectivity index (χ0) is 14.3. The van der Waals surface area contributed by atoms with E-state index in [1.165, 1.54) is 23.8 Å². The van der Waals surface area contributed by atoms with Crippen LogP contribution in [0.15, 0.2) is 29.2 Å². The Morgan fingerprint density at radius 1 is 1.21 bits per heavy atom. The molecule has 1 amide bonds. The lowest BCUT2D eigenvalue weighted by atomic mass is 10.3. The minimum absolute atomic E-state index is 0.0293. The molecule has 0 aliphatic rings. The van der Waals surface area contributed by atoms with E-state index >= 15 is 0 Å². The number of carbonyl (C=O) groups is 2. The Balaban J connectivity index is 2.42. The second-order valence-corrected chi connectivity index (χ2v) is 4.84. The van der Waals surface area contributed by atoms with Crippen LogP contribution >= 0.6 is 11.8 Å². The second-order valence-electron chi connectivity index (χ2n) is 3.79. The van der Waals surface area contributed by atoms with Crippen molar-refractivity contribution in [2.75, 3.05) is 33.6 Å². The summed E-state index contributed by atoms with van der Waals surface area (Å²) in [5, 5.41) is 0. The molecule has 19 heavy (non-hydrogen) atoms. The third-order valence-electron chi connectivity index (χ3n) is 2.44. The van der Waals surface area contributed by atoms with Crippen molar-refractivity contribution in [1.82, 2.24) is 4.90 Å². The van der Waals surface area contributed by atoms with E-state index in [0.29, 0.717) is 0 Å². The SMILES string of the molecule is COC(=O)CN(C)C(=O)CSc1ccc(OC)cc1. The Hall–Kier alpha value is -1.69. The first kappa shape index (κ1) is 15.4. The summed E-state index contributed by atoms with van der Waals surface area (Å²) < 4.78 is 9.56. The summed E-state index contributed by atoms with van der Waals surface area (Å²) >= 11 is 1.41. The van der Waals surface area contributed by atoms with Gasteiger partial charge in [-0.25, -0.2) is 0 Å². The van der Waals surface area contributed by atoms with Gasteiger partial charge in [0.15, 0.2) is 0 Å². The summed E-state index contributed by atoms with van der Waals surface area (Å²) in [6.45, 7) is -0.0293. The van der Waals surface area contributed by atoms with Crippen LogP contribution in [-0.4, -0.2) is 50.3 Å². The van der Waals surface area contributed by atoms with Gasteiger partial charge in [0.25, 0.3) is 0 Å². The predicted molar refractivity (Wildman–Crippen MR) is 73.4 cm³/mol. The van der Waals surface area contributed by atoms with Crippen molar-refractivity contribution in [1.29, 1.82) is 0 Å². The maximum atomic E-state index is 11.8.